The van der Waals surface area contributed by atoms with Crippen molar-refractivity contribution < 1.29 is 0 Å². The number of hydrogen-bond acceptors (Lipinski definition) is 0. The van der Waals surface area contributed by atoms with Gasteiger partial charge in [-0.1, -0.05) is 31.4 Å². The van der Waals surface area contributed by atoms with Crippen LogP contribution in [0.3, 0.4) is 0 Å². The molecule has 3 aliphatic carbocycles. The predicted molar refractivity (Wildman–Crippen MR) is 67.1 cm³/mol. The molecule has 16 heavy (non-hydrogen) atoms. The fourth-order valence-electron chi connectivity index (χ4n) is 3.47. The van der Waals surface area contributed by atoms with E-state index in [0.29, 0.717) is 0 Å². The number of hydrogen-bond donors (Lipinski definition) is 0. The van der Waals surface area contributed by atoms with Crippen LogP contribution in [0.15, 0.2) is 24.5 Å². The molecule has 0 radical (unpaired) electrons. The summed E-state index contributed by atoms with van der Waals surface area (Å²) >= 11 is 0. The zero-order valence-electron chi connectivity index (χ0n) is 9.58. The van der Waals surface area contributed by atoms with Gasteiger partial charge in [0, 0.05) is 29.6 Å². The van der Waals surface area contributed by atoms with Crippen molar-refractivity contribution in [2.75, 3.05) is 0 Å². The third-order valence-electron chi connectivity index (χ3n) is 4.40. The van der Waals surface area contributed by atoms with Crippen molar-refractivity contribution in [3.05, 3.63) is 35.7 Å². The Labute approximate surface area is 96.5 Å². The summed E-state index contributed by atoms with van der Waals surface area (Å²) in [6.07, 6.45) is 17.6. The van der Waals surface area contributed by atoms with Crippen molar-refractivity contribution in [2.45, 2.75) is 44.6 Å². The van der Waals surface area contributed by atoms with Crippen LogP contribution in [0.5, 0.6) is 0 Å². The van der Waals surface area contributed by atoms with Crippen molar-refractivity contribution in [3.63, 3.8) is 0 Å². The molecule has 1 nitrogen and oxygen atoms in total. The van der Waals surface area contributed by atoms with Crippen LogP contribution in [0, 0.1) is 0 Å². The molecule has 0 N–H and O–H groups in total. The van der Waals surface area contributed by atoms with Gasteiger partial charge in [0.15, 0.2) is 0 Å². The quantitative estimate of drug-likeness (QED) is 0.656. The van der Waals surface area contributed by atoms with Gasteiger partial charge in [0.1, 0.15) is 0 Å². The van der Waals surface area contributed by atoms with E-state index in [2.05, 4.69) is 29.1 Å². The second-order valence-corrected chi connectivity index (χ2v) is 5.39. The second-order valence-electron chi connectivity index (χ2n) is 5.39. The molecule has 1 saturated carbocycles. The van der Waals surface area contributed by atoms with E-state index < -0.39 is 0 Å². The van der Waals surface area contributed by atoms with Crippen molar-refractivity contribution in [2.24, 2.45) is 0 Å². The second kappa shape index (κ2) is 3.13. The van der Waals surface area contributed by atoms with Crippen LogP contribution in [0.2, 0.25) is 0 Å². The Morgan fingerprint density at radius 3 is 2.12 bits per heavy atom. The van der Waals surface area contributed by atoms with Crippen molar-refractivity contribution in [1.29, 1.82) is 0 Å². The number of fused-ring (bicyclic) bond motifs is 5. The Hall–Kier alpha value is -1.24. The predicted octanol–water partition coefficient (Wildman–Crippen LogP) is 4.18. The Balaban J connectivity index is 1.72. The average Bonchev–Trinajstić information content (AvgIpc) is 3.02. The number of aromatic nitrogens is 1. The van der Waals surface area contributed by atoms with E-state index in [1.54, 1.807) is 11.1 Å². The van der Waals surface area contributed by atoms with Crippen molar-refractivity contribution in [3.8, 4) is 0 Å². The molecule has 0 amide bonds. The molecule has 0 aliphatic heterocycles. The highest BCUT2D eigenvalue weighted by Crippen LogP contribution is 2.46. The highest BCUT2D eigenvalue weighted by Gasteiger charge is 2.27. The first-order chi connectivity index (χ1) is 7.92. The van der Waals surface area contributed by atoms with E-state index in [4.69, 9.17) is 0 Å². The van der Waals surface area contributed by atoms with E-state index in [-0.39, 0.29) is 0 Å². The number of rotatable bonds is 1. The maximum atomic E-state index is 2.50. The molecule has 82 valence electrons. The maximum absolute atomic E-state index is 2.50. The highest BCUT2D eigenvalue weighted by atomic mass is 15.0. The van der Waals surface area contributed by atoms with Gasteiger partial charge >= 0.3 is 0 Å². The summed E-state index contributed by atoms with van der Waals surface area (Å²) in [6, 6.07) is 0.778. The van der Waals surface area contributed by atoms with E-state index in [9.17, 15) is 0 Å². The zero-order valence-corrected chi connectivity index (χ0v) is 9.58. The van der Waals surface area contributed by atoms with Crippen LogP contribution in [-0.2, 0) is 0 Å². The van der Waals surface area contributed by atoms with Gasteiger partial charge in [-0.2, -0.15) is 0 Å². The lowest BCUT2D eigenvalue weighted by molar-refractivity contribution is 0.354. The molecule has 0 spiro atoms. The first-order valence-corrected chi connectivity index (χ1v) is 6.54. The molecule has 1 aromatic rings. The standard InChI is InChI=1S/C15H17N/c1-2-4-13(5-3-1)16-9-14-11-6-7-12(8-11)15(14)10-16/h6-7,9-10,13H,1-5,8H2. The molecule has 3 aliphatic rings. The minimum Gasteiger partial charge on any atom is -0.350 e. The van der Waals surface area contributed by atoms with Crippen LogP contribution in [0.4, 0.5) is 0 Å². The smallest absolute Gasteiger partial charge is 0.0331 e. The van der Waals surface area contributed by atoms with Gasteiger partial charge in [-0.05, 0) is 30.4 Å². The van der Waals surface area contributed by atoms with E-state index >= 15 is 0 Å². The molecular formula is C15H17N. The van der Waals surface area contributed by atoms with Gasteiger partial charge in [0.2, 0.25) is 0 Å². The van der Waals surface area contributed by atoms with Crippen LogP contribution in [0.1, 0.15) is 55.7 Å². The van der Waals surface area contributed by atoms with E-state index in [0.717, 1.165) is 6.04 Å². The summed E-state index contributed by atoms with van der Waals surface area (Å²) in [4.78, 5) is 0. The first-order valence-electron chi connectivity index (χ1n) is 6.54. The molecule has 4 rings (SSSR count). The van der Waals surface area contributed by atoms with Gasteiger partial charge in [-0.25, -0.2) is 0 Å². The van der Waals surface area contributed by atoms with Gasteiger partial charge in [-0.15, -0.1) is 0 Å². The third-order valence-corrected chi connectivity index (χ3v) is 4.40. The van der Waals surface area contributed by atoms with Gasteiger partial charge in [0.25, 0.3) is 0 Å². The van der Waals surface area contributed by atoms with Crippen molar-refractivity contribution >= 4 is 11.1 Å². The summed E-state index contributed by atoms with van der Waals surface area (Å²) in [5.74, 6) is 0. The molecule has 0 aromatic carbocycles. The SMILES string of the molecule is C1=C2CC(=C1)c1cn(C3CCCCC3)cc12. The Kier molecular flexibility index (Phi) is 1.73. The van der Waals surface area contributed by atoms with E-state index in [1.807, 2.05) is 0 Å². The molecule has 2 bridgehead atoms. The van der Waals surface area contributed by atoms with Crippen LogP contribution >= 0.6 is 0 Å². The van der Waals surface area contributed by atoms with Crippen LogP contribution in [-0.4, -0.2) is 4.57 Å². The first kappa shape index (κ1) is 8.86. The lowest BCUT2D eigenvalue weighted by Gasteiger charge is -2.23. The molecule has 0 atom stereocenters. The topological polar surface area (TPSA) is 4.93 Å². The Morgan fingerprint density at radius 1 is 0.875 bits per heavy atom. The van der Waals surface area contributed by atoms with Gasteiger partial charge in [-0.3, -0.25) is 0 Å². The third kappa shape index (κ3) is 1.12. The van der Waals surface area contributed by atoms with Crippen LogP contribution < -0.4 is 0 Å². The number of nitrogens with zero attached hydrogens (tertiary/aromatic N) is 1. The lowest BCUT2D eigenvalue weighted by atomic mass is 9.95. The average molecular weight is 211 g/mol. The zero-order chi connectivity index (χ0) is 10.5. The normalized spacial score (nSPS) is 23.2. The van der Waals surface area contributed by atoms with Gasteiger partial charge < -0.3 is 4.57 Å². The fraction of sp³-hybridized carbons (Fsp3) is 0.467. The lowest BCUT2D eigenvalue weighted by Crippen LogP contribution is -2.10. The summed E-state index contributed by atoms with van der Waals surface area (Å²) in [5, 5.41) is 0. The molecule has 0 unspecified atom stereocenters. The van der Waals surface area contributed by atoms with Crippen LogP contribution in [0.25, 0.3) is 11.1 Å². The summed E-state index contributed by atoms with van der Waals surface area (Å²) in [7, 11) is 0. The molecular weight excluding hydrogens is 194 g/mol. The number of allylic oxidation sites excluding steroid dienone is 4. The molecule has 0 saturated heterocycles. The Morgan fingerprint density at radius 2 is 1.50 bits per heavy atom. The summed E-state index contributed by atoms with van der Waals surface area (Å²) in [5.41, 5.74) is 6.12. The molecule has 1 aromatic heterocycles. The molecule has 1 heterocycles. The minimum absolute atomic E-state index is 0.778. The fourth-order valence-corrected chi connectivity index (χ4v) is 3.47. The largest absolute Gasteiger partial charge is 0.350 e. The van der Waals surface area contributed by atoms with Crippen molar-refractivity contribution in [1.82, 2.24) is 4.57 Å². The van der Waals surface area contributed by atoms with E-state index in [1.165, 1.54) is 49.7 Å². The molecule has 1 fully saturated rings. The Bertz CT molecular complexity index is 460. The maximum Gasteiger partial charge on any atom is 0.0331 e. The minimum atomic E-state index is 0.778. The highest BCUT2D eigenvalue weighted by molar-refractivity contribution is 5.97. The summed E-state index contributed by atoms with van der Waals surface area (Å²) < 4.78 is 2.50. The monoisotopic (exact) mass is 211 g/mol. The summed E-state index contributed by atoms with van der Waals surface area (Å²) in [6.45, 7) is 0. The van der Waals surface area contributed by atoms with Gasteiger partial charge in [0.05, 0.1) is 0 Å². The molecule has 1 heteroatoms.